The number of hydrogen-bond acceptors (Lipinski definition) is 5. The van der Waals surface area contributed by atoms with Crippen molar-refractivity contribution in [3.8, 4) is 10.6 Å². The second kappa shape index (κ2) is 7.02. The Bertz CT molecular complexity index is 605. The first kappa shape index (κ1) is 15.9. The number of rotatable bonds is 3. The summed E-state index contributed by atoms with van der Waals surface area (Å²) in [5, 5.41) is 13.0. The van der Waals surface area contributed by atoms with Crippen molar-refractivity contribution in [2.45, 2.75) is 18.9 Å². The molecule has 1 fully saturated rings. The van der Waals surface area contributed by atoms with Crippen LogP contribution in [-0.4, -0.2) is 39.8 Å². The van der Waals surface area contributed by atoms with Crippen molar-refractivity contribution in [3.63, 3.8) is 0 Å². The van der Waals surface area contributed by atoms with Crippen LogP contribution in [0, 0.1) is 0 Å². The summed E-state index contributed by atoms with van der Waals surface area (Å²) < 4.78 is 1.73. The molecule has 0 saturated carbocycles. The molecule has 2 N–H and O–H groups in total. The summed E-state index contributed by atoms with van der Waals surface area (Å²) in [5.41, 5.74) is 1.43. The smallest absolute Gasteiger partial charge is 0.271 e. The second-order valence-corrected chi connectivity index (χ2v) is 5.82. The van der Waals surface area contributed by atoms with E-state index in [0.29, 0.717) is 5.69 Å². The van der Waals surface area contributed by atoms with Gasteiger partial charge in [-0.2, -0.15) is 5.10 Å². The zero-order valence-electron chi connectivity index (χ0n) is 11.7. The van der Waals surface area contributed by atoms with Crippen LogP contribution in [0.25, 0.3) is 10.6 Å². The zero-order chi connectivity index (χ0) is 13.9. The first-order valence-electron chi connectivity index (χ1n) is 6.68. The highest BCUT2D eigenvalue weighted by atomic mass is 35.5. The minimum Gasteiger partial charge on any atom is -0.347 e. The van der Waals surface area contributed by atoms with E-state index in [-0.39, 0.29) is 24.4 Å². The number of piperidine rings is 1. The van der Waals surface area contributed by atoms with E-state index in [1.165, 1.54) is 11.3 Å². The van der Waals surface area contributed by atoms with Gasteiger partial charge in [0, 0.05) is 36.8 Å². The fourth-order valence-electron chi connectivity index (χ4n) is 2.28. The van der Waals surface area contributed by atoms with Crippen LogP contribution in [0.2, 0.25) is 0 Å². The monoisotopic (exact) mass is 327 g/mol. The van der Waals surface area contributed by atoms with Gasteiger partial charge in [0.25, 0.3) is 5.91 Å². The summed E-state index contributed by atoms with van der Waals surface area (Å²) in [6, 6.07) is 0.208. The van der Waals surface area contributed by atoms with Crippen molar-refractivity contribution in [1.82, 2.24) is 25.4 Å². The van der Waals surface area contributed by atoms with Crippen LogP contribution in [-0.2, 0) is 7.05 Å². The average molecular weight is 328 g/mol. The summed E-state index contributed by atoms with van der Waals surface area (Å²) in [7, 11) is 1.86. The molecule has 0 aromatic carbocycles. The van der Waals surface area contributed by atoms with Crippen LogP contribution < -0.4 is 10.6 Å². The summed E-state index contributed by atoms with van der Waals surface area (Å²) in [6.07, 6.45) is 5.78. The minimum absolute atomic E-state index is 0. The highest BCUT2D eigenvalue weighted by molar-refractivity contribution is 7.13. The van der Waals surface area contributed by atoms with E-state index in [1.54, 1.807) is 16.3 Å². The number of hydrogen-bond donors (Lipinski definition) is 2. The molecule has 3 rings (SSSR count). The predicted molar refractivity (Wildman–Crippen MR) is 84.9 cm³/mol. The average Bonchev–Trinajstić information content (AvgIpc) is 3.08. The van der Waals surface area contributed by atoms with E-state index < -0.39 is 0 Å². The highest BCUT2D eigenvalue weighted by Gasteiger charge is 2.18. The fraction of sp³-hybridized carbons (Fsp3) is 0.462. The molecule has 2 aromatic rings. The van der Waals surface area contributed by atoms with Crippen molar-refractivity contribution in [2.75, 3.05) is 13.1 Å². The number of aryl methyl sites for hydroxylation is 1. The standard InChI is InChI=1S/C13H17N5OS.ClH/c1-18-7-9(5-15-18)13-17-11(8-20-13)12(19)16-10-3-2-4-14-6-10;/h5,7-8,10,14H,2-4,6H2,1H3,(H,16,19);1H/t10-;/m0./s1. The van der Waals surface area contributed by atoms with Gasteiger partial charge in [0.05, 0.1) is 6.20 Å². The van der Waals surface area contributed by atoms with Crippen LogP contribution in [0.3, 0.4) is 0 Å². The maximum Gasteiger partial charge on any atom is 0.271 e. The van der Waals surface area contributed by atoms with Crippen LogP contribution in [0.15, 0.2) is 17.8 Å². The first-order valence-corrected chi connectivity index (χ1v) is 7.56. The Hall–Kier alpha value is -1.44. The number of carbonyl (C=O) groups is 1. The molecule has 0 radical (unpaired) electrons. The minimum atomic E-state index is -0.0925. The van der Waals surface area contributed by atoms with Gasteiger partial charge in [0.1, 0.15) is 10.7 Å². The Morgan fingerprint density at radius 3 is 3.10 bits per heavy atom. The Balaban J connectivity index is 0.00000161. The third-order valence-electron chi connectivity index (χ3n) is 3.32. The Labute approximate surface area is 133 Å². The van der Waals surface area contributed by atoms with E-state index in [2.05, 4.69) is 20.7 Å². The van der Waals surface area contributed by atoms with Crippen molar-refractivity contribution in [3.05, 3.63) is 23.5 Å². The number of amides is 1. The van der Waals surface area contributed by atoms with E-state index in [0.717, 1.165) is 36.5 Å². The van der Waals surface area contributed by atoms with E-state index >= 15 is 0 Å². The molecule has 21 heavy (non-hydrogen) atoms. The normalized spacial score (nSPS) is 18.0. The molecule has 1 saturated heterocycles. The number of nitrogens with one attached hydrogen (secondary N) is 2. The molecular formula is C13H18ClN5OS. The van der Waals surface area contributed by atoms with Gasteiger partial charge in [-0.3, -0.25) is 9.48 Å². The molecule has 1 aliphatic rings. The van der Waals surface area contributed by atoms with Gasteiger partial charge in [-0.1, -0.05) is 0 Å². The summed E-state index contributed by atoms with van der Waals surface area (Å²) in [5.74, 6) is -0.0925. The largest absolute Gasteiger partial charge is 0.347 e. The maximum atomic E-state index is 12.1. The Morgan fingerprint density at radius 1 is 1.57 bits per heavy atom. The van der Waals surface area contributed by atoms with Gasteiger partial charge in [0.15, 0.2) is 0 Å². The molecule has 8 heteroatoms. The zero-order valence-corrected chi connectivity index (χ0v) is 13.3. The van der Waals surface area contributed by atoms with Gasteiger partial charge in [0.2, 0.25) is 0 Å². The second-order valence-electron chi connectivity index (χ2n) is 4.96. The molecule has 3 heterocycles. The third-order valence-corrected chi connectivity index (χ3v) is 4.21. The van der Waals surface area contributed by atoms with Gasteiger partial charge in [-0.25, -0.2) is 4.98 Å². The lowest BCUT2D eigenvalue weighted by molar-refractivity contribution is 0.0926. The first-order chi connectivity index (χ1) is 9.72. The number of nitrogens with zero attached hydrogens (tertiary/aromatic N) is 3. The number of halogens is 1. The lowest BCUT2D eigenvalue weighted by atomic mass is 10.1. The van der Waals surface area contributed by atoms with Crippen molar-refractivity contribution < 1.29 is 4.79 Å². The fourth-order valence-corrected chi connectivity index (χ4v) is 3.05. The number of thiazole rings is 1. The summed E-state index contributed by atoms with van der Waals surface area (Å²) in [6.45, 7) is 1.87. The lowest BCUT2D eigenvalue weighted by Gasteiger charge is -2.23. The third kappa shape index (κ3) is 3.81. The lowest BCUT2D eigenvalue weighted by Crippen LogP contribution is -2.45. The molecule has 1 amide bonds. The summed E-state index contributed by atoms with van der Waals surface area (Å²) in [4.78, 5) is 16.5. The number of carbonyl (C=O) groups excluding carboxylic acids is 1. The van der Waals surface area contributed by atoms with Gasteiger partial charge < -0.3 is 10.6 Å². The Kier molecular flexibility index (Phi) is 5.33. The molecule has 2 aromatic heterocycles. The molecule has 114 valence electrons. The van der Waals surface area contributed by atoms with Crippen LogP contribution in [0.4, 0.5) is 0 Å². The number of aromatic nitrogens is 3. The molecule has 0 bridgehead atoms. The quantitative estimate of drug-likeness (QED) is 0.895. The SMILES string of the molecule is Cl.Cn1cc(-c2nc(C(=O)N[C@H]3CCCNC3)cs2)cn1. The van der Waals surface area contributed by atoms with E-state index in [1.807, 2.05) is 13.2 Å². The van der Waals surface area contributed by atoms with Gasteiger partial charge in [-0.15, -0.1) is 23.7 Å². The topological polar surface area (TPSA) is 71.8 Å². The molecule has 0 aliphatic carbocycles. The van der Waals surface area contributed by atoms with Crippen LogP contribution >= 0.6 is 23.7 Å². The predicted octanol–water partition coefficient (Wildman–Crippen LogP) is 1.45. The molecule has 1 aliphatic heterocycles. The van der Waals surface area contributed by atoms with Gasteiger partial charge in [-0.05, 0) is 19.4 Å². The van der Waals surface area contributed by atoms with Crippen LogP contribution in [0.5, 0.6) is 0 Å². The molecule has 6 nitrogen and oxygen atoms in total. The van der Waals surface area contributed by atoms with E-state index in [4.69, 9.17) is 0 Å². The highest BCUT2D eigenvalue weighted by Crippen LogP contribution is 2.22. The van der Waals surface area contributed by atoms with Crippen molar-refractivity contribution in [2.24, 2.45) is 7.05 Å². The summed E-state index contributed by atoms with van der Waals surface area (Å²) >= 11 is 1.47. The molecule has 0 spiro atoms. The van der Waals surface area contributed by atoms with Gasteiger partial charge >= 0.3 is 0 Å². The van der Waals surface area contributed by atoms with Crippen molar-refractivity contribution in [1.29, 1.82) is 0 Å². The maximum absolute atomic E-state index is 12.1. The van der Waals surface area contributed by atoms with Crippen LogP contribution in [0.1, 0.15) is 23.3 Å². The Morgan fingerprint density at radius 2 is 2.43 bits per heavy atom. The molecule has 0 unspecified atom stereocenters. The molecular weight excluding hydrogens is 310 g/mol. The van der Waals surface area contributed by atoms with E-state index in [9.17, 15) is 4.79 Å². The molecule has 1 atom stereocenters. The van der Waals surface area contributed by atoms with Crippen molar-refractivity contribution >= 4 is 29.7 Å².